The Morgan fingerprint density at radius 2 is 0.860 bits per heavy atom. The Morgan fingerprint density at radius 3 is 1.33 bits per heavy atom. The summed E-state index contributed by atoms with van der Waals surface area (Å²) in [6.45, 7) is 5.00. The van der Waals surface area contributed by atoms with E-state index in [1.165, 1.54) is 0 Å². The Labute approximate surface area is 243 Å². The van der Waals surface area contributed by atoms with Gasteiger partial charge in [0, 0.05) is 0 Å². The van der Waals surface area contributed by atoms with Crippen molar-refractivity contribution >= 4 is 63.8 Å². The van der Waals surface area contributed by atoms with Crippen LogP contribution in [0.5, 0.6) is 0 Å². The zero-order chi connectivity index (χ0) is 28.1. The molecule has 6 aromatic rings. The van der Waals surface area contributed by atoms with Gasteiger partial charge in [0.05, 0.1) is 0 Å². The number of hydrogen-bond acceptors (Lipinski definition) is 4. The van der Waals surface area contributed by atoms with Crippen LogP contribution in [0.25, 0.3) is 21.5 Å². The van der Waals surface area contributed by atoms with Crippen molar-refractivity contribution in [3.8, 4) is 0 Å². The fourth-order valence-corrected chi connectivity index (χ4v) is 17.8. The maximum atomic E-state index is 5.55. The molecule has 0 atom stereocenters. The first kappa shape index (κ1) is 21.2. The molecule has 4 aromatic carbocycles. The molecule has 0 unspecified atom stereocenters. The number of hydrogen-bond donors (Lipinski definition) is 0. The number of aliphatic imine (C=N–C) groups is 2. The number of rotatable bonds is 0. The molecule has 0 saturated carbocycles. The molecule has 0 saturated heterocycles. The molecular weight excluding hydrogens is 549 g/mol. The van der Waals surface area contributed by atoms with Gasteiger partial charge >= 0.3 is 244 Å². The molecule has 0 N–H and O–H groups in total. The average Bonchev–Trinajstić information content (AvgIpc) is 3.74. The van der Waals surface area contributed by atoms with E-state index >= 15 is 0 Å². The van der Waals surface area contributed by atoms with Gasteiger partial charge in [-0.15, -0.1) is 0 Å². The van der Waals surface area contributed by atoms with Gasteiger partial charge in [-0.2, -0.15) is 0 Å². The van der Waals surface area contributed by atoms with Crippen molar-refractivity contribution in [1.82, 2.24) is 8.47 Å². The van der Waals surface area contributed by atoms with Crippen molar-refractivity contribution in [1.29, 1.82) is 0 Å². The van der Waals surface area contributed by atoms with E-state index in [9.17, 15) is 0 Å². The molecule has 1 spiro atoms. The summed E-state index contributed by atoms with van der Waals surface area (Å²) in [4.78, 5) is 22.2. The van der Waals surface area contributed by atoms with Gasteiger partial charge in [0.1, 0.15) is 0 Å². The van der Waals surface area contributed by atoms with E-state index in [1.807, 2.05) is 0 Å². The second-order valence-corrected chi connectivity index (χ2v) is 21.0. The Bertz CT molecular complexity index is 2620. The molecule has 8 nitrogen and oxygen atoms in total. The summed E-state index contributed by atoms with van der Waals surface area (Å²) in [6.07, 6.45) is 0. The molecule has 12 rings (SSSR count). The quantitative estimate of drug-likeness (QED) is 0.240. The number of aromatic nitrogens is 2. The Morgan fingerprint density at radius 1 is 0.465 bits per heavy atom. The first-order chi connectivity index (χ1) is 21.0. The van der Waals surface area contributed by atoms with Crippen molar-refractivity contribution < 1.29 is 8.48 Å². The Balaban J connectivity index is 1.51. The Hall–Kier alpha value is -5.54. The second kappa shape index (κ2) is 5.73. The molecule has 0 amide bonds. The number of amidine groups is 4. The van der Waals surface area contributed by atoms with E-state index in [0.717, 1.165) is 89.8 Å². The fourth-order valence-electron chi connectivity index (χ4n) is 9.57. The van der Waals surface area contributed by atoms with E-state index in [-0.39, 0.29) is 0 Å². The van der Waals surface area contributed by atoms with E-state index in [4.69, 9.17) is 20.0 Å². The summed E-state index contributed by atoms with van der Waals surface area (Å²) in [5.41, 5.74) is 6.31. The van der Waals surface area contributed by atoms with Crippen LogP contribution in [0.4, 0.5) is 11.6 Å². The van der Waals surface area contributed by atoms with Crippen LogP contribution in [0.15, 0.2) is 117 Å². The zero-order valence-corrected chi connectivity index (χ0v) is 24.3. The summed E-state index contributed by atoms with van der Waals surface area (Å²) < 4.78 is 10.1. The molecule has 202 valence electrons. The zero-order valence-electron chi connectivity index (χ0n) is 23.3. The van der Waals surface area contributed by atoms with Crippen LogP contribution in [-0.4, -0.2) is 47.6 Å². The second-order valence-electron chi connectivity index (χ2n) is 13.4. The van der Waals surface area contributed by atoms with Gasteiger partial charge in [-0.25, -0.2) is 0 Å². The van der Waals surface area contributed by atoms with Gasteiger partial charge in [0.25, 0.3) is 0 Å². The van der Waals surface area contributed by atoms with Crippen molar-refractivity contribution in [2.45, 2.75) is 13.1 Å². The molecule has 8 heterocycles. The molecule has 2 aromatic heterocycles. The predicted molar refractivity (Wildman–Crippen MR) is 168 cm³/mol. The minimum absolute atomic E-state index is 0.943. The minimum atomic E-state index is -4.98. The number of nitrogens with zero attached hydrogens (tertiary/aromatic N) is 8. The van der Waals surface area contributed by atoms with Crippen LogP contribution in [0.3, 0.4) is 0 Å². The van der Waals surface area contributed by atoms with Crippen LogP contribution in [0, 0.1) is 0 Å². The molecule has 0 bridgehead atoms. The van der Waals surface area contributed by atoms with Crippen molar-refractivity contribution in [3.05, 3.63) is 130 Å². The summed E-state index contributed by atoms with van der Waals surface area (Å²) in [5.74, 6) is 5.66. The van der Waals surface area contributed by atoms with E-state index in [1.54, 1.807) is 0 Å². The third kappa shape index (κ3) is 1.72. The number of fused-ring (bicyclic) bond motifs is 12. The summed E-state index contributed by atoms with van der Waals surface area (Å²) >= 11 is 0. The molecule has 6 aliphatic rings. The van der Waals surface area contributed by atoms with Crippen molar-refractivity contribution in [2.75, 3.05) is 0 Å². The molecule has 6 aliphatic heterocycles. The van der Waals surface area contributed by atoms with Gasteiger partial charge in [-0.3, -0.25) is 0 Å². The normalized spacial score (nSPS) is 22.2. The fraction of sp³-hybridized carbons (Fsp3) is 0.0588. The summed E-state index contributed by atoms with van der Waals surface area (Å²) in [7, 11) is -4.98. The monoisotopic (exact) mass is 570 g/mol. The molecule has 0 fully saturated rings. The number of benzene rings is 4. The third-order valence-electron chi connectivity index (χ3n) is 11.2. The molecule has 0 radical (unpaired) electrons. The van der Waals surface area contributed by atoms with Crippen molar-refractivity contribution in [3.63, 3.8) is 0 Å². The topological polar surface area (TPSA) is 65.3 Å². The summed E-state index contributed by atoms with van der Waals surface area (Å²) in [5, 5.41) is 4.42. The first-order valence-corrected chi connectivity index (χ1v) is 18.6. The molecular formula is C34H22N8Si. The van der Waals surface area contributed by atoms with Crippen molar-refractivity contribution in [2.24, 2.45) is 20.0 Å². The van der Waals surface area contributed by atoms with Crippen LogP contribution in [0.2, 0.25) is 13.1 Å². The van der Waals surface area contributed by atoms with Crippen LogP contribution in [-0.2, 0) is 0 Å². The van der Waals surface area contributed by atoms with Gasteiger partial charge in [-0.05, 0) is 0 Å². The molecule has 43 heavy (non-hydrogen) atoms. The SMILES string of the molecule is C[Si-2]123(C)n4c5c6ccccc6c4N=C4c6ccccc6C(=[N+]41)N=c1c4ccccc4c(n12)=NC1=[N+]3C(=N5)c2ccccc21. The van der Waals surface area contributed by atoms with Gasteiger partial charge in [0.15, 0.2) is 0 Å². The van der Waals surface area contributed by atoms with Gasteiger partial charge < -0.3 is 0 Å². The third-order valence-corrected chi connectivity index (χ3v) is 18.8. The first-order valence-electron chi connectivity index (χ1n) is 14.8. The van der Waals surface area contributed by atoms with Gasteiger partial charge in [0.2, 0.25) is 0 Å². The summed E-state index contributed by atoms with van der Waals surface area (Å²) in [6, 6.07) is 34.4. The van der Waals surface area contributed by atoms with E-state index in [2.05, 4.69) is 127 Å². The van der Waals surface area contributed by atoms with E-state index < -0.39 is 7.27 Å². The van der Waals surface area contributed by atoms with Crippen LogP contribution in [0.1, 0.15) is 22.3 Å². The molecule has 0 aliphatic carbocycles. The van der Waals surface area contributed by atoms with Gasteiger partial charge in [-0.1, -0.05) is 0 Å². The molecule has 9 heteroatoms. The maximum absolute atomic E-state index is 5.55. The van der Waals surface area contributed by atoms with Crippen LogP contribution >= 0.6 is 0 Å². The predicted octanol–water partition coefficient (Wildman–Crippen LogP) is 4.59. The van der Waals surface area contributed by atoms with E-state index in [0.29, 0.717) is 0 Å². The standard InChI is InChI=1S/C34H22N8Si/c1-43(2)39-27-19-11-3-4-12-20(19)28(39)36-30-23-15-7-8-16-24(23)32(41(30)43)38-34-26-18-10-9-17-25(26)33(42(34)43)37-31-22-14-6-5-13-21(22)29(35-27)40(31)43/h3-18H,1-2H3. The van der Waals surface area contributed by atoms with Crippen LogP contribution < -0.4 is 11.0 Å². The Kier molecular flexibility index (Phi) is 2.82. The average molecular weight is 571 g/mol.